The molecule has 0 spiro atoms. The van der Waals surface area contributed by atoms with Crippen molar-refractivity contribution in [2.75, 3.05) is 5.32 Å². The van der Waals surface area contributed by atoms with Crippen molar-refractivity contribution in [3.05, 3.63) is 47.8 Å². The Morgan fingerprint density at radius 3 is 2.59 bits per heavy atom. The van der Waals surface area contributed by atoms with Crippen molar-refractivity contribution in [3.63, 3.8) is 0 Å². The molecule has 0 saturated heterocycles. The molecule has 0 radical (unpaired) electrons. The summed E-state index contributed by atoms with van der Waals surface area (Å²) in [6.45, 7) is 0. The largest absolute Gasteiger partial charge is 0.768 e. The van der Waals surface area contributed by atoms with E-state index in [-0.39, 0.29) is 16.1 Å². The number of amides is 1. The monoisotopic (exact) mass is 320 g/mol. The SMILES string of the molecule is O=C(Nc1ccc(F)cc1S(=O)[O-])c1cnc(C2CC2)nc1. The van der Waals surface area contributed by atoms with Gasteiger partial charge >= 0.3 is 0 Å². The van der Waals surface area contributed by atoms with Crippen molar-refractivity contribution in [3.8, 4) is 0 Å². The van der Waals surface area contributed by atoms with Crippen LogP contribution in [0.4, 0.5) is 10.1 Å². The molecule has 1 aliphatic rings. The Labute approximate surface area is 128 Å². The number of carbonyl (C=O) groups excluding carboxylic acids is 1. The maximum Gasteiger partial charge on any atom is 0.258 e. The molecule has 1 fully saturated rings. The molecule has 3 rings (SSSR count). The lowest BCUT2D eigenvalue weighted by Crippen LogP contribution is -2.15. The van der Waals surface area contributed by atoms with E-state index in [4.69, 9.17) is 0 Å². The number of hydrogen-bond acceptors (Lipinski definition) is 5. The second kappa shape index (κ2) is 5.90. The van der Waals surface area contributed by atoms with E-state index in [9.17, 15) is 17.9 Å². The predicted octanol–water partition coefficient (Wildman–Crippen LogP) is 1.98. The average Bonchev–Trinajstić information content (AvgIpc) is 3.33. The van der Waals surface area contributed by atoms with Crippen molar-refractivity contribution in [1.29, 1.82) is 0 Å². The Hall–Kier alpha value is -2.19. The Morgan fingerprint density at radius 1 is 1.32 bits per heavy atom. The summed E-state index contributed by atoms with van der Waals surface area (Å²) < 4.78 is 35.2. The highest BCUT2D eigenvalue weighted by Gasteiger charge is 2.26. The van der Waals surface area contributed by atoms with Crippen LogP contribution in [0.1, 0.15) is 34.9 Å². The average molecular weight is 320 g/mol. The lowest BCUT2D eigenvalue weighted by molar-refractivity contribution is 0.102. The number of aromatic nitrogens is 2. The van der Waals surface area contributed by atoms with Gasteiger partial charge in [0, 0.05) is 18.3 Å². The zero-order chi connectivity index (χ0) is 15.7. The molecule has 1 aromatic heterocycles. The van der Waals surface area contributed by atoms with E-state index >= 15 is 0 Å². The molecule has 2 aromatic rings. The first-order valence-electron chi connectivity index (χ1n) is 6.56. The molecule has 1 unspecified atom stereocenters. The molecule has 6 nitrogen and oxygen atoms in total. The van der Waals surface area contributed by atoms with E-state index in [1.165, 1.54) is 18.5 Å². The van der Waals surface area contributed by atoms with E-state index in [1.54, 1.807) is 0 Å². The standard InChI is InChI=1S/C14H12FN3O3S/c15-10-3-4-11(12(5-10)22(20)21)18-14(19)9-6-16-13(17-7-9)8-1-2-8/h3-8H,1-2H2,(H,18,19)(H,20,21)/p-1. The molecule has 0 aliphatic heterocycles. The van der Waals surface area contributed by atoms with Crippen LogP contribution in [0.2, 0.25) is 0 Å². The zero-order valence-electron chi connectivity index (χ0n) is 11.3. The fourth-order valence-electron chi connectivity index (χ4n) is 1.94. The molecular formula is C14H11FN3O3S-. The van der Waals surface area contributed by atoms with Gasteiger partial charge in [-0.2, -0.15) is 0 Å². The molecule has 1 saturated carbocycles. The van der Waals surface area contributed by atoms with Gasteiger partial charge in [-0.1, -0.05) is 0 Å². The van der Waals surface area contributed by atoms with Gasteiger partial charge in [0.1, 0.15) is 11.6 Å². The summed E-state index contributed by atoms with van der Waals surface area (Å²) in [5.74, 6) is -0.168. The summed E-state index contributed by atoms with van der Waals surface area (Å²) in [4.78, 5) is 20.0. The molecule has 8 heteroatoms. The van der Waals surface area contributed by atoms with Gasteiger partial charge in [0.2, 0.25) is 0 Å². The van der Waals surface area contributed by atoms with Crippen LogP contribution in [0.15, 0.2) is 35.5 Å². The Bertz CT molecular complexity index is 747. The molecule has 1 atom stereocenters. The normalized spacial score (nSPS) is 15.4. The summed E-state index contributed by atoms with van der Waals surface area (Å²) in [6, 6.07) is 3.10. The van der Waals surface area contributed by atoms with Crippen LogP contribution >= 0.6 is 0 Å². The Morgan fingerprint density at radius 2 is 2.00 bits per heavy atom. The first-order valence-corrected chi connectivity index (χ1v) is 7.64. The van der Waals surface area contributed by atoms with Crippen molar-refractivity contribution >= 4 is 22.7 Å². The lowest BCUT2D eigenvalue weighted by atomic mass is 10.2. The summed E-state index contributed by atoms with van der Waals surface area (Å²) >= 11 is -2.66. The third kappa shape index (κ3) is 3.18. The number of nitrogens with one attached hydrogen (secondary N) is 1. The van der Waals surface area contributed by atoms with Crippen LogP contribution in [0.3, 0.4) is 0 Å². The highest BCUT2D eigenvalue weighted by atomic mass is 32.2. The molecule has 1 amide bonds. The van der Waals surface area contributed by atoms with Crippen LogP contribution in [-0.2, 0) is 11.1 Å². The highest BCUT2D eigenvalue weighted by molar-refractivity contribution is 7.79. The summed E-state index contributed by atoms with van der Waals surface area (Å²) in [6.07, 6.45) is 4.90. The molecule has 114 valence electrons. The van der Waals surface area contributed by atoms with E-state index in [1.807, 2.05) is 0 Å². The lowest BCUT2D eigenvalue weighted by Gasteiger charge is -2.13. The zero-order valence-corrected chi connectivity index (χ0v) is 12.1. The van der Waals surface area contributed by atoms with Gasteiger partial charge in [0.15, 0.2) is 0 Å². The van der Waals surface area contributed by atoms with Crippen molar-refractivity contribution in [2.45, 2.75) is 23.7 Å². The number of carbonyl (C=O) groups is 1. The first-order chi connectivity index (χ1) is 10.5. The van der Waals surface area contributed by atoms with Crippen LogP contribution < -0.4 is 5.32 Å². The fourth-order valence-corrected chi connectivity index (χ4v) is 2.45. The van der Waals surface area contributed by atoms with Crippen LogP contribution in [-0.4, -0.2) is 24.6 Å². The van der Waals surface area contributed by atoms with E-state index < -0.39 is 22.8 Å². The minimum absolute atomic E-state index is 0.00556. The van der Waals surface area contributed by atoms with Gasteiger partial charge in [-0.3, -0.25) is 9.00 Å². The molecule has 1 N–H and O–H groups in total. The fraction of sp³-hybridized carbons (Fsp3) is 0.214. The van der Waals surface area contributed by atoms with E-state index in [0.717, 1.165) is 25.0 Å². The first kappa shape index (κ1) is 14.7. The second-order valence-electron chi connectivity index (χ2n) is 4.93. The molecule has 1 aromatic carbocycles. The predicted molar refractivity (Wildman–Crippen MR) is 75.5 cm³/mol. The maximum absolute atomic E-state index is 13.1. The smallest absolute Gasteiger partial charge is 0.258 e. The molecular weight excluding hydrogens is 309 g/mol. The third-order valence-corrected chi connectivity index (χ3v) is 3.94. The number of rotatable bonds is 4. The van der Waals surface area contributed by atoms with E-state index in [2.05, 4.69) is 15.3 Å². The Balaban J connectivity index is 1.80. The van der Waals surface area contributed by atoms with Gasteiger partial charge in [0.25, 0.3) is 5.91 Å². The Kier molecular flexibility index (Phi) is 3.95. The van der Waals surface area contributed by atoms with Crippen LogP contribution in [0.25, 0.3) is 0 Å². The molecule has 0 bridgehead atoms. The van der Waals surface area contributed by atoms with Crippen molar-refractivity contribution in [2.24, 2.45) is 0 Å². The highest BCUT2D eigenvalue weighted by Crippen LogP contribution is 2.37. The summed E-state index contributed by atoms with van der Waals surface area (Å²) in [5, 5.41) is 2.42. The summed E-state index contributed by atoms with van der Waals surface area (Å²) in [5.41, 5.74) is 0.211. The van der Waals surface area contributed by atoms with Gasteiger partial charge in [-0.05, 0) is 42.1 Å². The molecule has 1 aliphatic carbocycles. The number of anilines is 1. The van der Waals surface area contributed by atoms with E-state index in [0.29, 0.717) is 11.7 Å². The number of hydrogen-bond donors (Lipinski definition) is 1. The van der Waals surface area contributed by atoms with Gasteiger partial charge in [-0.15, -0.1) is 0 Å². The summed E-state index contributed by atoms with van der Waals surface area (Å²) in [7, 11) is 0. The van der Waals surface area contributed by atoms with Gasteiger partial charge in [-0.25, -0.2) is 14.4 Å². The number of halogens is 1. The van der Waals surface area contributed by atoms with Crippen LogP contribution in [0.5, 0.6) is 0 Å². The maximum atomic E-state index is 13.1. The second-order valence-corrected chi connectivity index (χ2v) is 5.84. The number of nitrogens with zero attached hydrogens (tertiary/aromatic N) is 2. The quantitative estimate of drug-likeness (QED) is 0.869. The minimum atomic E-state index is -2.66. The topological polar surface area (TPSA) is 95.0 Å². The van der Waals surface area contributed by atoms with Crippen molar-refractivity contribution in [1.82, 2.24) is 9.97 Å². The minimum Gasteiger partial charge on any atom is -0.768 e. The molecule has 22 heavy (non-hydrogen) atoms. The number of benzene rings is 1. The third-order valence-electron chi connectivity index (χ3n) is 3.25. The van der Waals surface area contributed by atoms with Crippen LogP contribution in [0, 0.1) is 5.82 Å². The van der Waals surface area contributed by atoms with Gasteiger partial charge < -0.3 is 9.87 Å². The van der Waals surface area contributed by atoms with Gasteiger partial charge in [0.05, 0.1) is 16.1 Å². The molecule has 1 heterocycles. The van der Waals surface area contributed by atoms with Crippen molar-refractivity contribution < 1.29 is 17.9 Å².